The highest BCUT2D eigenvalue weighted by molar-refractivity contribution is 6.45. The van der Waals surface area contributed by atoms with Crippen LogP contribution >= 0.6 is 34.8 Å². The van der Waals surface area contributed by atoms with Crippen molar-refractivity contribution in [3.63, 3.8) is 0 Å². The van der Waals surface area contributed by atoms with Crippen molar-refractivity contribution in [3.8, 4) is 11.1 Å². The Hall–Kier alpha value is -1.73. The lowest BCUT2D eigenvalue weighted by atomic mass is 10.0. The molecule has 0 spiro atoms. The van der Waals surface area contributed by atoms with Crippen molar-refractivity contribution in [2.75, 3.05) is 12.5 Å². The summed E-state index contributed by atoms with van der Waals surface area (Å²) in [5, 5.41) is 9.12. The van der Waals surface area contributed by atoms with Gasteiger partial charge in [-0.15, -0.1) is 11.6 Å². The Morgan fingerprint density at radius 1 is 1.36 bits per heavy atom. The van der Waals surface area contributed by atoms with Crippen LogP contribution in [0.2, 0.25) is 10.0 Å². The minimum Gasteiger partial charge on any atom is -0.357 e. The molecule has 4 rings (SSSR count). The SMILES string of the molecule is O=C(CCl)NCc1[nH]c2c(Cl)c(Cl)ccc2c1-c1cnn(C2CCCCO2)c1. The predicted octanol–water partition coefficient (Wildman–Crippen LogP) is 4.89. The molecule has 0 aliphatic carbocycles. The number of amides is 1. The smallest absolute Gasteiger partial charge is 0.235 e. The molecule has 6 nitrogen and oxygen atoms in total. The van der Waals surface area contributed by atoms with E-state index in [0.717, 1.165) is 53.6 Å². The Morgan fingerprint density at radius 3 is 2.96 bits per heavy atom. The van der Waals surface area contributed by atoms with Gasteiger partial charge in [0.15, 0.2) is 0 Å². The molecule has 1 atom stereocenters. The molecular weight excluding hydrogens is 423 g/mol. The average molecular weight is 442 g/mol. The standard InChI is InChI=1S/C19H19Cl3N4O2/c20-7-15(27)23-9-14-17(12-4-5-13(21)18(22)19(12)25-14)11-8-24-26(10-11)16-3-1-2-6-28-16/h4-5,8,10,16,25H,1-3,6-7,9H2,(H,23,27). The lowest BCUT2D eigenvalue weighted by Crippen LogP contribution is -2.24. The normalized spacial score (nSPS) is 17.2. The van der Waals surface area contributed by atoms with Gasteiger partial charge < -0.3 is 15.0 Å². The van der Waals surface area contributed by atoms with E-state index < -0.39 is 0 Å². The molecule has 1 amide bonds. The molecule has 2 N–H and O–H groups in total. The number of fused-ring (bicyclic) bond motifs is 1. The van der Waals surface area contributed by atoms with Gasteiger partial charge >= 0.3 is 0 Å². The summed E-state index contributed by atoms with van der Waals surface area (Å²) in [5.41, 5.74) is 3.36. The zero-order chi connectivity index (χ0) is 19.7. The number of aromatic nitrogens is 3. The lowest BCUT2D eigenvalue weighted by Gasteiger charge is -2.22. The molecule has 1 aliphatic rings. The van der Waals surface area contributed by atoms with Crippen molar-refractivity contribution in [2.45, 2.75) is 32.0 Å². The van der Waals surface area contributed by atoms with Gasteiger partial charge in [-0.3, -0.25) is 4.79 Å². The molecule has 0 radical (unpaired) electrons. The number of alkyl halides is 1. The lowest BCUT2D eigenvalue weighted by molar-refractivity contribution is -0.118. The van der Waals surface area contributed by atoms with Crippen molar-refractivity contribution < 1.29 is 9.53 Å². The number of nitrogens with one attached hydrogen (secondary N) is 2. The average Bonchev–Trinajstić information content (AvgIpc) is 3.34. The monoisotopic (exact) mass is 440 g/mol. The molecule has 1 aromatic carbocycles. The number of benzene rings is 1. The first-order valence-electron chi connectivity index (χ1n) is 9.06. The molecule has 3 aromatic rings. The summed E-state index contributed by atoms with van der Waals surface area (Å²) in [4.78, 5) is 14.9. The first-order chi connectivity index (χ1) is 13.6. The molecule has 1 saturated heterocycles. The van der Waals surface area contributed by atoms with Crippen molar-refractivity contribution >= 4 is 51.6 Å². The summed E-state index contributed by atoms with van der Waals surface area (Å²) >= 11 is 18.2. The predicted molar refractivity (Wildman–Crippen MR) is 111 cm³/mol. The number of rotatable bonds is 5. The van der Waals surface area contributed by atoms with Crippen LogP contribution in [-0.4, -0.2) is 33.2 Å². The second kappa shape index (κ2) is 8.33. The summed E-state index contributed by atoms with van der Waals surface area (Å²) in [6.45, 7) is 1.03. The van der Waals surface area contributed by atoms with Crippen LogP contribution in [-0.2, 0) is 16.1 Å². The molecule has 9 heteroatoms. The van der Waals surface area contributed by atoms with E-state index in [1.807, 2.05) is 16.9 Å². The minimum atomic E-state index is -0.248. The Kier molecular flexibility index (Phi) is 5.83. The summed E-state index contributed by atoms with van der Waals surface area (Å²) in [6.07, 6.45) is 6.86. The quantitative estimate of drug-likeness (QED) is 0.554. The third kappa shape index (κ3) is 3.74. The van der Waals surface area contributed by atoms with Crippen LogP contribution in [0.25, 0.3) is 22.0 Å². The number of hydrogen-bond donors (Lipinski definition) is 2. The van der Waals surface area contributed by atoms with Gasteiger partial charge in [-0.05, 0) is 25.3 Å². The largest absolute Gasteiger partial charge is 0.357 e. The van der Waals surface area contributed by atoms with E-state index in [0.29, 0.717) is 10.0 Å². The van der Waals surface area contributed by atoms with Gasteiger partial charge in [-0.2, -0.15) is 5.10 Å². The Labute approximate surface area is 177 Å². The van der Waals surface area contributed by atoms with Gasteiger partial charge in [-0.25, -0.2) is 4.68 Å². The number of halogens is 3. The van der Waals surface area contributed by atoms with Crippen LogP contribution in [0, 0.1) is 0 Å². The van der Waals surface area contributed by atoms with E-state index in [4.69, 9.17) is 39.5 Å². The second-order valence-electron chi connectivity index (χ2n) is 6.70. The van der Waals surface area contributed by atoms with Gasteiger partial charge in [-0.1, -0.05) is 29.3 Å². The van der Waals surface area contributed by atoms with Gasteiger partial charge in [0.25, 0.3) is 0 Å². The highest BCUT2D eigenvalue weighted by Gasteiger charge is 2.21. The second-order valence-corrected chi connectivity index (χ2v) is 7.76. The highest BCUT2D eigenvalue weighted by Crippen LogP contribution is 2.38. The van der Waals surface area contributed by atoms with Crippen molar-refractivity contribution in [1.82, 2.24) is 20.1 Å². The summed E-state index contributed by atoms with van der Waals surface area (Å²) in [7, 11) is 0. The molecule has 1 fully saturated rings. The van der Waals surface area contributed by atoms with Crippen molar-refractivity contribution in [1.29, 1.82) is 0 Å². The molecule has 2 aromatic heterocycles. The fourth-order valence-electron chi connectivity index (χ4n) is 3.51. The molecular formula is C19H19Cl3N4O2. The van der Waals surface area contributed by atoms with Crippen molar-refractivity contribution in [2.24, 2.45) is 0 Å². The van der Waals surface area contributed by atoms with E-state index in [1.54, 1.807) is 12.3 Å². The third-order valence-electron chi connectivity index (χ3n) is 4.87. The molecule has 148 valence electrons. The molecule has 0 saturated carbocycles. The van der Waals surface area contributed by atoms with E-state index >= 15 is 0 Å². The third-order valence-corrected chi connectivity index (χ3v) is 5.91. The van der Waals surface area contributed by atoms with E-state index in [-0.39, 0.29) is 24.6 Å². The van der Waals surface area contributed by atoms with Gasteiger partial charge in [0.2, 0.25) is 5.91 Å². The van der Waals surface area contributed by atoms with Crippen LogP contribution in [0.1, 0.15) is 31.2 Å². The van der Waals surface area contributed by atoms with Crippen LogP contribution in [0.4, 0.5) is 0 Å². The summed E-state index contributed by atoms with van der Waals surface area (Å²) in [5.74, 6) is -0.347. The number of nitrogens with zero attached hydrogens (tertiary/aromatic N) is 2. The highest BCUT2D eigenvalue weighted by atomic mass is 35.5. The Balaban J connectivity index is 1.76. The molecule has 1 unspecified atom stereocenters. The first kappa shape index (κ1) is 19.6. The Morgan fingerprint density at radius 2 is 2.21 bits per heavy atom. The van der Waals surface area contributed by atoms with Gasteiger partial charge in [0.05, 0.1) is 28.3 Å². The number of aromatic amines is 1. The summed E-state index contributed by atoms with van der Waals surface area (Å²) < 4.78 is 7.68. The van der Waals surface area contributed by atoms with Crippen LogP contribution in [0.15, 0.2) is 24.5 Å². The fraction of sp³-hybridized carbons (Fsp3) is 0.368. The number of hydrogen-bond acceptors (Lipinski definition) is 3. The topological polar surface area (TPSA) is 71.9 Å². The minimum absolute atomic E-state index is 0.0508. The molecule has 1 aliphatic heterocycles. The Bertz CT molecular complexity index is 1010. The van der Waals surface area contributed by atoms with E-state index in [2.05, 4.69) is 15.4 Å². The number of H-pyrrole nitrogens is 1. The van der Waals surface area contributed by atoms with E-state index in [1.165, 1.54) is 0 Å². The van der Waals surface area contributed by atoms with E-state index in [9.17, 15) is 4.79 Å². The van der Waals surface area contributed by atoms with Crippen LogP contribution in [0.5, 0.6) is 0 Å². The number of carbonyl (C=O) groups excluding carboxylic acids is 1. The van der Waals surface area contributed by atoms with Gasteiger partial charge in [0.1, 0.15) is 12.1 Å². The zero-order valence-corrected chi connectivity index (χ0v) is 17.2. The van der Waals surface area contributed by atoms with Crippen LogP contribution < -0.4 is 5.32 Å². The maximum absolute atomic E-state index is 11.6. The number of carbonyl (C=O) groups is 1. The number of ether oxygens (including phenoxy) is 1. The maximum Gasteiger partial charge on any atom is 0.235 e. The first-order valence-corrected chi connectivity index (χ1v) is 10.3. The molecule has 0 bridgehead atoms. The fourth-order valence-corrected chi connectivity index (χ4v) is 3.97. The molecule has 3 heterocycles. The zero-order valence-electron chi connectivity index (χ0n) is 15.0. The summed E-state index contributed by atoms with van der Waals surface area (Å²) in [6, 6.07) is 3.68. The van der Waals surface area contributed by atoms with Crippen molar-refractivity contribution in [3.05, 3.63) is 40.3 Å². The van der Waals surface area contributed by atoms with Gasteiger partial charge in [0, 0.05) is 35.0 Å². The maximum atomic E-state index is 11.6. The van der Waals surface area contributed by atoms with Crippen LogP contribution in [0.3, 0.4) is 0 Å². The molecule has 28 heavy (non-hydrogen) atoms.